The number of hydrogen-bond donors (Lipinski definition) is 0. The van der Waals surface area contributed by atoms with Crippen LogP contribution in [0.15, 0.2) is 30.5 Å². The summed E-state index contributed by atoms with van der Waals surface area (Å²) in [6.07, 6.45) is 1.88. The zero-order chi connectivity index (χ0) is 14.5. The zero-order valence-electron chi connectivity index (χ0n) is 12.3. The maximum atomic E-state index is 6.01. The fourth-order valence-electron chi connectivity index (χ4n) is 2.57. The molecule has 1 atom stereocenters. The molecule has 0 aliphatic rings. The molecule has 1 aromatic carbocycles. The normalized spacial score (nSPS) is 12.6. The molecule has 1 heterocycles. The number of alkyl halides is 1. The summed E-state index contributed by atoms with van der Waals surface area (Å²) in [5, 5.41) is 2.33. The molecule has 0 fully saturated rings. The van der Waals surface area contributed by atoms with E-state index in [-0.39, 0.29) is 6.04 Å². The molecule has 4 heteroatoms. The number of methoxy groups -OCH3 is 1. The van der Waals surface area contributed by atoms with Gasteiger partial charge < -0.3 is 9.64 Å². The highest BCUT2D eigenvalue weighted by Gasteiger charge is 2.17. The predicted octanol–water partition coefficient (Wildman–Crippen LogP) is 3.83. The molecule has 0 amide bonds. The van der Waals surface area contributed by atoms with Gasteiger partial charge in [0.2, 0.25) is 0 Å². The molecule has 20 heavy (non-hydrogen) atoms. The number of fused-ring (bicyclic) bond motifs is 1. The van der Waals surface area contributed by atoms with E-state index in [1.807, 2.05) is 18.3 Å². The third-order valence-corrected chi connectivity index (χ3v) is 3.84. The van der Waals surface area contributed by atoms with Crippen LogP contribution in [0, 0.1) is 0 Å². The molecule has 0 aliphatic heterocycles. The number of likely N-dealkylation sites (N-methyl/N-ethyl adjacent to an activating group) is 1. The lowest BCUT2D eigenvalue weighted by Gasteiger charge is -2.30. The Morgan fingerprint density at radius 1 is 1.30 bits per heavy atom. The number of benzene rings is 1. The van der Waals surface area contributed by atoms with Crippen molar-refractivity contribution in [2.75, 3.05) is 25.2 Å². The molecule has 1 unspecified atom stereocenters. The summed E-state index contributed by atoms with van der Waals surface area (Å²) in [6.45, 7) is 5.86. The molecular weight excluding hydrogens is 272 g/mol. The molecule has 0 N–H and O–H groups in total. The third kappa shape index (κ3) is 2.89. The van der Waals surface area contributed by atoms with Gasteiger partial charge >= 0.3 is 0 Å². The summed E-state index contributed by atoms with van der Waals surface area (Å²) in [5.74, 6) is 1.48. The van der Waals surface area contributed by atoms with Crippen molar-refractivity contribution in [3.05, 3.63) is 36.0 Å². The zero-order valence-corrected chi connectivity index (χ0v) is 13.0. The lowest BCUT2D eigenvalue weighted by Crippen LogP contribution is -2.36. The number of nitrogens with zero attached hydrogens (tertiary/aromatic N) is 2. The van der Waals surface area contributed by atoms with E-state index in [1.54, 1.807) is 7.11 Å². The minimum Gasteiger partial charge on any atom is -0.383 e. The Kier molecular flexibility index (Phi) is 5.21. The Morgan fingerprint density at radius 3 is 2.60 bits per heavy atom. The second kappa shape index (κ2) is 6.91. The van der Waals surface area contributed by atoms with E-state index in [4.69, 9.17) is 16.3 Å². The fourth-order valence-corrected chi connectivity index (χ4v) is 2.79. The summed E-state index contributed by atoms with van der Waals surface area (Å²) in [7, 11) is 1.73. The minimum atomic E-state index is 0.280. The summed E-state index contributed by atoms with van der Waals surface area (Å²) >= 11 is 6.01. The third-order valence-electron chi connectivity index (χ3n) is 3.55. The van der Waals surface area contributed by atoms with Crippen molar-refractivity contribution in [3.63, 3.8) is 0 Å². The number of aromatic nitrogens is 1. The maximum Gasteiger partial charge on any atom is 0.136 e. The van der Waals surface area contributed by atoms with Crippen LogP contribution in [0.3, 0.4) is 0 Å². The van der Waals surface area contributed by atoms with Crippen molar-refractivity contribution in [1.29, 1.82) is 0 Å². The average Bonchev–Trinajstić information content (AvgIpc) is 2.48. The van der Waals surface area contributed by atoms with E-state index >= 15 is 0 Å². The van der Waals surface area contributed by atoms with Crippen LogP contribution in [0.25, 0.3) is 10.8 Å². The van der Waals surface area contributed by atoms with Gasteiger partial charge in [0, 0.05) is 31.1 Å². The molecule has 2 rings (SSSR count). The van der Waals surface area contributed by atoms with Crippen molar-refractivity contribution < 1.29 is 4.74 Å². The summed E-state index contributed by atoms with van der Waals surface area (Å²) in [5.41, 5.74) is 1.07. The lowest BCUT2D eigenvalue weighted by atomic mass is 10.1. The summed E-state index contributed by atoms with van der Waals surface area (Å²) < 4.78 is 5.27. The highest BCUT2D eigenvalue weighted by Crippen LogP contribution is 2.29. The molecule has 0 saturated heterocycles. The van der Waals surface area contributed by atoms with Gasteiger partial charge in [-0.25, -0.2) is 4.98 Å². The Balaban J connectivity index is 2.53. The van der Waals surface area contributed by atoms with E-state index in [0.717, 1.165) is 23.3 Å². The van der Waals surface area contributed by atoms with Crippen molar-refractivity contribution >= 4 is 28.2 Å². The maximum absolute atomic E-state index is 6.01. The second-order valence-corrected chi connectivity index (χ2v) is 5.14. The molecule has 108 valence electrons. The smallest absolute Gasteiger partial charge is 0.136 e. The van der Waals surface area contributed by atoms with Gasteiger partial charge in [0.25, 0.3) is 0 Å². The van der Waals surface area contributed by atoms with Gasteiger partial charge in [-0.1, -0.05) is 24.3 Å². The van der Waals surface area contributed by atoms with Crippen LogP contribution in [0.2, 0.25) is 0 Å². The quantitative estimate of drug-likeness (QED) is 0.757. The molecule has 0 bridgehead atoms. The lowest BCUT2D eigenvalue weighted by molar-refractivity contribution is 0.182. The van der Waals surface area contributed by atoms with Gasteiger partial charge in [-0.15, -0.1) is 11.6 Å². The number of hydrogen-bond acceptors (Lipinski definition) is 3. The molecule has 2 aromatic rings. The number of rotatable bonds is 6. The topological polar surface area (TPSA) is 25.4 Å². The van der Waals surface area contributed by atoms with Crippen LogP contribution in [0.5, 0.6) is 0 Å². The van der Waals surface area contributed by atoms with Gasteiger partial charge in [-0.3, -0.25) is 0 Å². The fraction of sp³-hybridized carbons (Fsp3) is 0.438. The monoisotopic (exact) mass is 292 g/mol. The van der Waals surface area contributed by atoms with Crippen LogP contribution in [-0.2, 0) is 10.6 Å². The molecule has 0 aliphatic carbocycles. The highest BCUT2D eigenvalue weighted by atomic mass is 35.5. The van der Waals surface area contributed by atoms with Crippen LogP contribution >= 0.6 is 11.6 Å². The summed E-state index contributed by atoms with van der Waals surface area (Å²) in [4.78, 5) is 6.91. The first-order valence-corrected chi connectivity index (χ1v) is 7.44. The summed E-state index contributed by atoms with van der Waals surface area (Å²) in [6, 6.07) is 8.57. The van der Waals surface area contributed by atoms with Gasteiger partial charge in [-0.2, -0.15) is 0 Å². The standard InChI is InChI=1S/C16H21ClN2O/c1-4-19(12(2)11-20-3)16-15-8-6-5-7-14(15)13(9-17)10-18-16/h5-8,10,12H,4,9,11H2,1-3H3. The molecule has 3 nitrogen and oxygen atoms in total. The second-order valence-electron chi connectivity index (χ2n) is 4.88. The van der Waals surface area contributed by atoms with Crippen LogP contribution in [0.4, 0.5) is 5.82 Å². The number of anilines is 1. The predicted molar refractivity (Wildman–Crippen MR) is 85.7 cm³/mol. The number of pyridine rings is 1. The van der Waals surface area contributed by atoms with E-state index in [9.17, 15) is 0 Å². The molecular formula is C16H21ClN2O. The molecule has 0 spiro atoms. The number of ether oxygens (including phenoxy) is 1. The Bertz CT molecular complexity index is 573. The van der Waals surface area contributed by atoms with Gasteiger partial charge in [0.05, 0.1) is 12.6 Å². The average molecular weight is 293 g/mol. The van der Waals surface area contributed by atoms with Crippen LogP contribution in [0.1, 0.15) is 19.4 Å². The largest absolute Gasteiger partial charge is 0.383 e. The molecule has 0 saturated carbocycles. The number of halogens is 1. The van der Waals surface area contributed by atoms with Crippen LogP contribution in [-0.4, -0.2) is 31.3 Å². The van der Waals surface area contributed by atoms with Gasteiger partial charge in [0.15, 0.2) is 0 Å². The Labute approximate surface area is 125 Å². The van der Waals surface area contributed by atoms with Gasteiger partial charge in [-0.05, 0) is 24.8 Å². The molecule has 0 radical (unpaired) electrons. The van der Waals surface area contributed by atoms with Crippen molar-refractivity contribution in [1.82, 2.24) is 4.98 Å². The highest BCUT2D eigenvalue weighted by molar-refractivity contribution is 6.18. The molecule has 1 aromatic heterocycles. The Hall–Kier alpha value is -1.32. The first-order chi connectivity index (χ1) is 9.72. The van der Waals surface area contributed by atoms with E-state index in [2.05, 4.69) is 35.9 Å². The van der Waals surface area contributed by atoms with E-state index < -0.39 is 0 Å². The van der Waals surface area contributed by atoms with E-state index in [0.29, 0.717) is 12.5 Å². The van der Waals surface area contributed by atoms with Gasteiger partial charge in [0.1, 0.15) is 5.82 Å². The van der Waals surface area contributed by atoms with Crippen molar-refractivity contribution in [2.24, 2.45) is 0 Å². The van der Waals surface area contributed by atoms with Crippen LogP contribution < -0.4 is 4.90 Å². The Morgan fingerprint density at radius 2 is 2.00 bits per heavy atom. The SMILES string of the molecule is CCN(c1ncc(CCl)c2ccccc12)C(C)COC. The van der Waals surface area contributed by atoms with Crippen molar-refractivity contribution in [3.8, 4) is 0 Å². The first-order valence-electron chi connectivity index (χ1n) is 6.91. The van der Waals surface area contributed by atoms with Crippen molar-refractivity contribution in [2.45, 2.75) is 25.8 Å². The minimum absolute atomic E-state index is 0.280. The first kappa shape index (κ1) is 15.1. The van der Waals surface area contributed by atoms with E-state index in [1.165, 1.54) is 5.39 Å².